The number of carbonyl (C=O) groups is 1. The van der Waals surface area contributed by atoms with Crippen LogP contribution in [0.5, 0.6) is 0 Å². The van der Waals surface area contributed by atoms with E-state index in [1.165, 1.54) is 0 Å². The largest absolute Gasteiger partial charge is 0.309 e. The summed E-state index contributed by atoms with van der Waals surface area (Å²) < 4.78 is 0. The van der Waals surface area contributed by atoms with E-state index in [1.807, 2.05) is 48.5 Å². The zero-order chi connectivity index (χ0) is 14.8. The fraction of sp³-hybridized carbons (Fsp3) is 0.111. The summed E-state index contributed by atoms with van der Waals surface area (Å²) in [5.74, 6) is 5.80. The second kappa shape index (κ2) is 5.26. The topological polar surface area (TPSA) is 32.7 Å². The van der Waals surface area contributed by atoms with Crippen molar-refractivity contribution in [2.24, 2.45) is 4.99 Å². The average Bonchev–Trinajstić information content (AvgIpc) is 2.75. The minimum atomic E-state index is -0.0875. The smallest absolute Gasteiger partial charge is 0.277 e. The number of anilines is 1. The van der Waals surface area contributed by atoms with Crippen molar-refractivity contribution in [2.45, 2.75) is 6.92 Å². The Kier molecular flexibility index (Phi) is 3.29. The highest BCUT2D eigenvalue weighted by Gasteiger charge is 2.30. The Labute approximate surface area is 123 Å². The van der Waals surface area contributed by atoms with Crippen molar-refractivity contribution in [3.8, 4) is 11.8 Å². The molecule has 0 aromatic heterocycles. The third kappa shape index (κ3) is 2.21. The van der Waals surface area contributed by atoms with Gasteiger partial charge in [-0.05, 0) is 25.1 Å². The van der Waals surface area contributed by atoms with Crippen LogP contribution in [-0.4, -0.2) is 18.7 Å². The van der Waals surface area contributed by atoms with E-state index >= 15 is 0 Å². The van der Waals surface area contributed by atoms with Crippen LogP contribution < -0.4 is 4.90 Å². The summed E-state index contributed by atoms with van der Waals surface area (Å²) in [6.07, 6.45) is 0. The first-order chi connectivity index (χ1) is 10.2. The Morgan fingerprint density at radius 2 is 1.76 bits per heavy atom. The maximum atomic E-state index is 12.4. The molecule has 3 nitrogen and oxygen atoms in total. The lowest BCUT2D eigenvalue weighted by molar-refractivity contribution is -0.111. The normalized spacial score (nSPS) is 14.9. The maximum absolute atomic E-state index is 12.4. The summed E-state index contributed by atoms with van der Waals surface area (Å²) in [6, 6.07) is 15.3. The summed E-state index contributed by atoms with van der Waals surface area (Å²) in [5, 5.41) is 0. The van der Waals surface area contributed by atoms with Gasteiger partial charge >= 0.3 is 0 Å². The van der Waals surface area contributed by atoms with Gasteiger partial charge in [-0.2, -0.15) is 0 Å². The number of nitrogens with zero attached hydrogens (tertiary/aromatic N) is 2. The third-order valence-electron chi connectivity index (χ3n) is 3.42. The molecule has 0 radical (unpaired) electrons. The Morgan fingerprint density at radius 1 is 1.05 bits per heavy atom. The predicted octanol–water partition coefficient (Wildman–Crippen LogP) is 3.16. The lowest BCUT2D eigenvalue weighted by Gasteiger charge is -2.07. The van der Waals surface area contributed by atoms with Gasteiger partial charge in [-0.15, -0.1) is 5.92 Å². The van der Waals surface area contributed by atoms with Crippen molar-refractivity contribution in [2.75, 3.05) is 11.9 Å². The van der Waals surface area contributed by atoms with Crippen LogP contribution in [0.3, 0.4) is 0 Å². The molecule has 1 aliphatic heterocycles. The van der Waals surface area contributed by atoms with Gasteiger partial charge in [-0.25, -0.2) is 4.99 Å². The van der Waals surface area contributed by atoms with E-state index < -0.39 is 0 Å². The first-order valence-electron chi connectivity index (χ1n) is 6.70. The summed E-state index contributed by atoms with van der Waals surface area (Å²) >= 11 is 0. The first-order valence-corrected chi connectivity index (χ1v) is 6.70. The van der Waals surface area contributed by atoms with Crippen LogP contribution in [0.2, 0.25) is 0 Å². The minimum Gasteiger partial charge on any atom is -0.309 e. The van der Waals surface area contributed by atoms with Crippen LogP contribution in [0, 0.1) is 11.8 Å². The average molecular weight is 274 g/mol. The second-order valence-corrected chi connectivity index (χ2v) is 4.73. The van der Waals surface area contributed by atoms with E-state index in [-0.39, 0.29) is 5.91 Å². The monoisotopic (exact) mass is 274 g/mol. The molecule has 102 valence electrons. The number of aliphatic imine (C=N–C) groups is 1. The number of para-hydroxylation sites is 2. The highest BCUT2D eigenvalue weighted by atomic mass is 16.2. The highest BCUT2D eigenvalue weighted by Crippen LogP contribution is 2.30. The minimum absolute atomic E-state index is 0.0875. The van der Waals surface area contributed by atoms with E-state index in [2.05, 4.69) is 16.8 Å². The van der Waals surface area contributed by atoms with Gasteiger partial charge in [-0.3, -0.25) is 4.79 Å². The van der Waals surface area contributed by atoms with Gasteiger partial charge in [0.1, 0.15) is 5.71 Å². The summed E-state index contributed by atoms with van der Waals surface area (Å²) in [7, 11) is 1.77. The number of carbonyl (C=O) groups excluding carboxylic acids is 1. The molecule has 3 rings (SSSR count). The molecule has 0 unspecified atom stereocenters. The van der Waals surface area contributed by atoms with Crippen LogP contribution in [0.25, 0.3) is 0 Å². The molecular formula is C18H14N2O. The summed E-state index contributed by atoms with van der Waals surface area (Å²) in [4.78, 5) is 18.6. The molecule has 0 spiro atoms. The zero-order valence-electron chi connectivity index (χ0n) is 11.9. The molecule has 0 atom stereocenters. The van der Waals surface area contributed by atoms with Crippen molar-refractivity contribution in [3.63, 3.8) is 0 Å². The Bertz CT molecular complexity index is 809. The third-order valence-corrected chi connectivity index (χ3v) is 3.42. The first kappa shape index (κ1) is 13.1. The van der Waals surface area contributed by atoms with Gasteiger partial charge in [-0.1, -0.05) is 36.3 Å². The van der Waals surface area contributed by atoms with Crippen LogP contribution in [0.15, 0.2) is 53.5 Å². The molecule has 0 bridgehead atoms. The predicted molar refractivity (Wildman–Crippen MR) is 85.0 cm³/mol. The molecule has 21 heavy (non-hydrogen) atoms. The second-order valence-electron chi connectivity index (χ2n) is 4.73. The van der Waals surface area contributed by atoms with E-state index in [4.69, 9.17) is 0 Å². The standard InChI is InChI=1S/C18H14N2O/c1-3-8-13-9-4-6-11-15(13)19-17-14-10-5-7-12-16(14)20(2)18(17)21/h4-7,9-12H,1-2H3/b19-17+. The highest BCUT2D eigenvalue weighted by molar-refractivity contribution is 6.54. The van der Waals surface area contributed by atoms with E-state index in [0.717, 1.165) is 22.5 Å². The van der Waals surface area contributed by atoms with Crippen molar-refractivity contribution in [1.29, 1.82) is 0 Å². The van der Waals surface area contributed by atoms with Crippen LogP contribution in [0.4, 0.5) is 11.4 Å². The molecule has 0 saturated carbocycles. The molecule has 0 saturated heterocycles. The van der Waals surface area contributed by atoms with Gasteiger partial charge < -0.3 is 4.90 Å². The van der Waals surface area contributed by atoms with Crippen LogP contribution >= 0.6 is 0 Å². The quantitative estimate of drug-likeness (QED) is 0.735. The Morgan fingerprint density at radius 3 is 2.57 bits per heavy atom. The van der Waals surface area contributed by atoms with E-state index in [1.54, 1.807) is 18.9 Å². The molecule has 2 aromatic carbocycles. The number of likely N-dealkylation sites (N-methyl/N-ethyl adjacent to an activating group) is 1. The molecule has 0 N–H and O–H groups in total. The van der Waals surface area contributed by atoms with Gasteiger partial charge in [0.2, 0.25) is 0 Å². The molecule has 0 aliphatic carbocycles. The summed E-state index contributed by atoms with van der Waals surface area (Å²) in [5.41, 5.74) is 3.77. The van der Waals surface area contributed by atoms with Crippen molar-refractivity contribution < 1.29 is 4.79 Å². The number of amides is 1. The lowest BCUT2D eigenvalue weighted by atomic mass is 10.1. The van der Waals surface area contributed by atoms with Crippen molar-refractivity contribution >= 4 is 23.0 Å². The fourth-order valence-electron chi connectivity index (χ4n) is 2.39. The van der Waals surface area contributed by atoms with E-state index in [0.29, 0.717) is 5.71 Å². The fourth-order valence-corrected chi connectivity index (χ4v) is 2.39. The summed E-state index contributed by atoms with van der Waals surface area (Å²) in [6.45, 7) is 1.79. The number of hydrogen-bond donors (Lipinski definition) is 0. The number of benzene rings is 2. The molecular weight excluding hydrogens is 260 g/mol. The molecule has 0 fully saturated rings. The van der Waals surface area contributed by atoms with Gasteiger partial charge in [0.25, 0.3) is 5.91 Å². The maximum Gasteiger partial charge on any atom is 0.277 e. The van der Waals surface area contributed by atoms with Gasteiger partial charge in [0, 0.05) is 12.6 Å². The molecule has 2 aromatic rings. The number of hydrogen-bond acceptors (Lipinski definition) is 2. The molecule has 1 amide bonds. The van der Waals surface area contributed by atoms with Crippen molar-refractivity contribution in [3.05, 3.63) is 59.7 Å². The van der Waals surface area contributed by atoms with E-state index in [9.17, 15) is 4.79 Å². The molecule has 1 aliphatic rings. The Balaban J connectivity index is 2.17. The number of fused-ring (bicyclic) bond motifs is 1. The molecule has 3 heteroatoms. The SMILES string of the molecule is CC#Cc1ccccc1/N=C1/C(=O)N(C)c2ccccc21. The molecule has 1 heterocycles. The van der Waals surface area contributed by atoms with Gasteiger partial charge in [0.05, 0.1) is 16.9 Å². The van der Waals surface area contributed by atoms with Crippen LogP contribution in [-0.2, 0) is 4.79 Å². The zero-order valence-corrected chi connectivity index (χ0v) is 11.9. The van der Waals surface area contributed by atoms with Crippen LogP contribution in [0.1, 0.15) is 18.1 Å². The van der Waals surface area contributed by atoms with Gasteiger partial charge in [0.15, 0.2) is 0 Å². The number of rotatable bonds is 1. The Hall–Kier alpha value is -2.86. The lowest BCUT2D eigenvalue weighted by Crippen LogP contribution is -2.25. The van der Waals surface area contributed by atoms with Crippen molar-refractivity contribution in [1.82, 2.24) is 0 Å².